The monoisotopic (exact) mass is 581 g/mol. The van der Waals surface area contributed by atoms with Crippen molar-refractivity contribution in [1.82, 2.24) is 19.7 Å². The lowest BCUT2D eigenvalue weighted by atomic mass is 10.1. The van der Waals surface area contributed by atoms with Gasteiger partial charge in [-0.25, -0.2) is 4.79 Å². The maximum absolute atomic E-state index is 13.4. The van der Waals surface area contributed by atoms with E-state index in [1.54, 1.807) is 55.7 Å². The molecular formula is C33H35N5O5. The van der Waals surface area contributed by atoms with Gasteiger partial charge in [-0.3, -0.25) is 9.59 Å². The highest BCUT2D eigenvalue weighted by Gasteiger charge is 2.28. The number of nitrogens with zero attached hydrogens (tertiary/aromatic N) is 3. The van der Waals surface area contributed by atoms with Gasteiger partial charge in [0.25, 0.3) is 5.91 Å². The number of fused-ring (bicyclic) bond motifs is 2. The molecule has 2 N–H and O–H groups in total. The number of amides is 3. The molecule has 0 unspecified atom stereocenters. The second-order valence-corrected chi connectivity index (χ2v) is 10.4. The number of hydrogen-bond donors (Lipinski definition) is 2. The molecule has 1 aliphatic heterocycles. The zero-order valence-corrected chi connectivity index (χ0v) is 24.7. The van der Waals surface area contributed by atoms with Crippen LogP contribution < -0.4 is 20.1 Å². The number of Topliss-reactive ketones (excluding diaryl/α,β-unsaturated/α-hetero) is 1. The van der Waals surface area contributed by atoms with Gasteiger partial charge in [-0.15, -0.1) is 0 Å². The first-order valence-electron chi connectivity index (χ1n) is 14.1. The number of methoxy groups -OCH3 is 1. The number of allylic oxidation sites excluding steroid dienone is 1. The number of carbonyl (C=O) groups excluding carboxylic acids is 3. The third-order valence-corrected chi connectivity index (χ3v) is 7.24. The molecule has 222 valence electrons. The first-order chi connectivity index (χ1) is 20.8. The number of hydrogen-bond acceptors (Lipinski definition) is 6. The van der Waals surface area contributed by atoms with Crippen molar-refractivity contribution in [1.29, 1.82) is 0 Å². The third kappa shape index (κ3) is 6.54. The lowest BCUT2D eigenvalue weighted by Crippen LogP contribution is -2.46. The molecule has 0 aliphatic carbocycles. The predicted octanol–water partition coefficient (Wildman–Crippen LogP) is 5.07. The van der Waals surface area contributed by atoms with Crippen LogP contribution in [-0.4, -0.2) is 73.1 Å². The molecule has 10 heteroatoms. The average Bonchev–Trinajstić information content (AvgIpc) is 3.53. The Morgan fingerprint density at radius 2 is 1.81 bits per heavy atom. The minimum Gasteiger partial charge on any atom is -0.497 e. The lowest BCUT2D eigenvalue weighted by molar-refractivity contribution is 0.0931. The average molecular weight is 582 g/mol. The molecule has 1 aromatic heterocycles. The van der Waals surface area contributed by atoms with Gasteiger partial charge in [0, 0.05) is 53.5 Å². The summed E-state index contributed by atoms with van der Waals surface area (Å²) in [6.07, 6.45) is 3.73. The number of ketones is 1. The molecule has 0 saturated carbocycles. The van der Waals surface area contributed by atoms with Crippen molar-refractivity contribution in [3.8, 4) is 11.5 Å². The van der Waals surface area contributed by atoms with E-state index in [1.807, 2.05) is 49.5 Å². The summed E-state index contributed by atoms with van der Waals surface area (Å²) in [4.78, 5) is 42.7. The SMILES string of the molecule is CCn1cc(/C=C2\Oc3ccc(NC(=O)N(CCN(C)C)CNC(=O)c4ccccc4)cc3C2=O)c2cc(OC)ccc21. The minimum atomic E-state index is -0.404. The molecule has 0 saturated heterocycles. The van der Waals surface area contributed by atoms with Gasteiger partial charge in [-0.1, -0.05) is 18.2 Å². The Labute approximate surface area is 250 Å². The van der Waals surface area contributed by atoms with Crippen molar-refractivity contribution in [2.75, 3.05) is 46.3 Å². The number of benzene rings is 3. The summed E-state index contributed by atoms with van der Waals surface area (Å²) in [5.74, 6) is 0.801. The maximum atomic E-state index is 13.4. The number of likely N-dealkylation sites (N-methyl/N-ethyl adjacent to an activating group) is 1. The summed E-state index contributed by atoms with van der Waals surface area (Å²) < 4.78 is 13.5. The molecule has 0 spiro atoms. The normalized spacial score (nSPS) is 13.2. The largest absolute Gasteiger partial charge is 0.497 e. The van der Waals surface area contributed by atoms with Crippen molar-refractivity contribution < 1.29 is 23.9 Å². The molecule has 0 bridgehead atoms. The van der Waals surface area contributed by atoms with Crippen LogP contribution in [0.2, 0.25) is 0 Å². The maximum Gasteiger partial charge on any atom is 0.323 e. The molecule has 43 heavy (non-hydrogen) atoms. The Balaban J connectivity index is 1.32. The van der Waals surface area contributed by atoms with Crippen LogP contribution in [0, 0.1) is 0 Å². The van der Waals surface area contributed by atoms with E-state index in [4.69, 9.17) is 9.47 Å². The van der Waals surface area contributed by atoms with Gasteiger partial charge < -0.3 is 34.5 Å². The second kappa shape index (κ2) is 12.8. The fraction of sp³-hybridized carbons (Fsp3) is 0.242. The summed E-state index contributed by atoms with van der Waals surface area (Å²) in [5, 5.41) is 6.62. The van der Waals surface area contributed by atoms with Gasteiger partial charge in [0.1, 0.15) is 11.5 Å². The van der Waals surface area contributed by atoms with Crippen molar-refractivity contribution in [2.24, 2.45) is 0 Å². The van der Waals surface area contributed by atoms with E-state index in [9.17, 15) is 14.4 Å². The number of aryl methyl sites for hydroxylation is 1. The number of nitrogens with one attached hydrogen (secondary N) is 2. The fourth-order valence-electron chi connectivity index (χ4n) is 4.85. The van der Waals surface area contributed by atoms with Crippen LogP contribution in [0.3, 0.4) is 0 Å². The van der Waals surface area contributed by atoms with Gasteiger partial charge in [0.05, 0.1) is 19.3 Å². The quantitative estimate of drug-likeness (QED) is 0.200. The summed E-state index contributed by atoms with van der Waals surface area (Å²) in [5.41, 5.74) is 3.18. The predicted molar refractivity (Wildman–Crippen MR) is 167 cm³/mol. The number of carbonyl (C=O) groups is 3. The summed E-state index contributed by atoms with van der Waals surface area (Å²) in [6.45, 7) is 3.82. The second-order valence-electron chi connectivity index (χ2n) is 10.4. The Bertz CT molecular complexity index is 1690. The summed E-state index contributed by atoms with van der Waals surface area (Å²) in [7, 11) is 5.44. The topological polar surface area (TPSA) is 105 Å². The molecule has 3 aromatic carbocycles. The molecule has 0 atom stereocenters. The van der Waals surface area contributed by atoms with Gasteiger partial charge in [0.15, 0.2) is 5.76 Å². The van der Waals surface area contributed by atoms with E-state index >= 15 is 0 Å². The van der Waals surface area contributed by atoms with Gasteiger partial charge >= 0.3 is 6.03 Å². The van der Waals surface area contributed by atoms with Crippen LogP contribution in [0.4, 0.5) is 10.5 Å². The highest BCUT2D eigenvalue weighted by atomic mass is 16.5. The molecule has 2 heterocycles. The smallest absolute Gasteiger partial charge is 0.323 e. The van der Waals surface area contributed by atoms with E-state index in [0.29, 0.717) is 35.7 Å². The number of anilines is 1. The zero-order valence-electron chi connectivity index (χ0n) is 24.7. The number of urea groups is 1. The standard InChI is InChI=1S/C33H35N5O5/c1-5-37-20-23(26-19-25(42-4)12-13-28(26)37)17-30-31(39)27-18-24(11-14-29(27)43-30)35-33(41)38(16-15-36(2)3)21-34-32(40)22-9-7-6-8-10-22/h6-14,17-20H,5,15-16,21H2,1-4H3,(H,34,40)(H,35,41)/b30-17-. The van der Waals surface area contributed by atoms with Crippen molar-refractivity contribution in [2.45, 2.75) is 13.5 Å². The molecule has 5 rings (SSSR count). The van der Waals surface area contributed by atoms with E-state index in [1.165, 1.54) is 4.90 Å². The van der Waals surface area contributed by atoms with Crippen LogP contribution in [0.25, 0.3) is 17.0 Å². The van der Waals surface area contributed by atoms with Gasteiger partial charge in [0.2, 0.25) is 5.78 Å². The molecule has 0 fully saturated rings. The van der Waals surface area contributed by atoms with Crippen LogP contribution in [0.5, 0.6) is 11.5 Å². The van der Waals surface area contributed by atoms with Crippen molar-refractivity contribution in [3.05, 3.63) is 95.4 Å². The zero-order chi connectivity index (χ0) is 30.5. The fourth-order valence-corrected chi connectivity index (χ4v) is 4.85. The molecule has 10 nitrogen and oxygen atoms in total. The Morgan fingerprint density at radius 1 is 1.02 bits per heavy atom. The highest BCUT2D eigenvalue weighted by molar-refractivity contribution is 6.15. The van der Waals surface area contributed by atoms with Crippen LogP contribution in [0.15, 0.2) is 78.7 Å². The van der Waals surface area contributed by atoms with E-state index in [0.717, 1.165) is 28.8 Å². The number of ether oxygens (including phenoxy) is 2. The van der Waals surface area contributed by atoms with Crippen LogP contribution in [-0.2, 0) is 6.54 Å². The first kappa shape index (κ1) is 29.4. The van der Waals surface area contributed by atoms with E-state index in [2.05, 4.69) is 22.1 Å². The molecule has 3 amide bonds. The van der Waals surface area contributed by atoms with Crippen molar-refractivity contribution >= 4 is 40.4 Å². The molecule has 1 aliphatic rings. The molecular weight excluding hydrogens is 546 g/mol. The Morgan fingerprint density at radius 3 is 2.53 bits per heavy atom. The molecule has 4 aromatic rings. The van der Waals surface area contributed by atoms with Crippen LogP contribution in [0.1, 0.15) is 33.2 Å². The molecule has 0 radical (unpaired) electrons. The van der Waals surface area contributed by atoms with E-state index < -0.39 is 6.03 Å². The van der Waals surface area contributed by atoms with Gasteiger partial charge in [-0.05, 0) is 75.6 Å². The van der Waals surface area contributed by atoms with Crippen molar-refractivity contribution in [3.63, 3.8) is 0 Å². The lowest BCUT2D eigenvalue weighted by Gasteiger charge is -2.25. The number of rotatable bonds is 10. The Hall–Kier alpha value is -5.09. The Kier molecular flexibility index (Phi) is 8.77. The van der Waals surface area contributed by atoms with E-state index in [-0.39, 0.29) is 24.1 Å². The first-order valence-corrected chi connectivity index (χ1v) is 14.1. The highest BCUT2D eigenvalue weighted by Crippen LogP contribution is 2.35. The minimum absolute atomic E-state index is 0.0173. The third-order valence-electron chi connectivity index (χ3n) is 7.24. The summed E-state index contributed by atoms with van der Waals surface area (Å²) in [6, 6.07) is 19.2. The van der Waals surface area contributed by atoms with Gasteiger partial charge in [-0.2, -0.15) is 0 Å². The van der Waals surface area contributed by atoms with Crippen LogP contribution >= 0.6 is 0 Å². The number of aromatic nitrogens is 1. The summed E-state index contributed by atoms with van der Waals surface area (Å²) >= 11 is 0.